The zero-order valence-corrected chi connectivity index (χ0v) is 10.2. The topological polar surface area (TPSA) is 74.6 Å². The summed E-state index contributed by atoms with van der Waals surface area (Å²) in [7, 11) is -4.31. The van der Waals surface area contributed by atoms with E-state index in [1.807, 2.05) is 0 Å². The minimum Gasteiger partial charge on any atom is -0.506 e. The molecule has 2 N–H and O–H groups in total. The third kappa shape index (κ3) is 3.28. The van der Waals surface area contributed by atoms with Crippen molar-refractivity contribution in [1.82, 2.24) is 0 Å². The van der Waals surface area contributed by atoms with E-state index in [0.717, 1.165) is 0 Å². The molecule has 6 heteroatoms. The number of hydrogen-bond acceptors (Lipinski definition) is 3. The summed E-state index contributed by atoms with van der Waals surface area (Å²) in [6.07, 6.45) is 0. The number of hydrogen-bond donors (Lipinski definition) is 2. The molecule has 1 radical (unpaired) electrons. The molecule has 1 rings (SSSR count). The Hall–Kier alpha value is -0.0700. The van der Waals surface area contributed by atoms with Gasteiger partial charge in [0.1, 0.15) is 10.6 Å². The SMILES string of the molecule is Cc1ccc(O)c(S(=O)(=O)O)c1.[Na]. The van der Waals surface area contributed by atoms with Crippen LogP contribution in [0.4, 0.5) is 0 Å². The molecule has 0 heterocycles. The molecule has 0 spiro atoms. The van der Waals surface area contributed by atoms with Gasteiger partial charge in [-0.3, -0.25) is 4.55 Å². The van der Waals surface area contributed by atoms with E-state index in [-0.39, 0.29) is 29.6 Å². The van der Waals surface area contributed by atoms with Gasteiger partial charge < -0.3 is 5.11 Å². The quantitative estimate of drug-likeness (QED) is 0.526. The second-order valence-corrected chi connectivity index (χ2v) is 3.84. The number of phenols is 1. The summed E-state index contributed by atoms with van der Waals surface area (Å²) in [5.41, 5.74) is 0.653. The van der Waals surface area contributed by atoms with Gasteiger partial charge >= 0.3 is 0 Å². The standard InChI is InChI=1S/C7H8O4S.Na/c1-5-2-3-6(8)7(4-5)12(9,10)11;/h2-4,8H,1H3,(H,9,10,11);. The van der Waals surface area contributed by atoms with Crippen molar-refractivity contribution >= 4 is 39.7 Å². The van der Waals surface area contributed by atoms with Gasteiger partial charge in [0.05, 0.1) is 0 Å². The van der Waals surface area contributed by atoms with Crippen LogP contribution in [0.15, 0.2) is 23.1 Å². The minimum atomic E-state index is -4.31. The summed E-state index contributed by atoms with van der Waals surface area (Å²) in [6.45, 7) is 1.66. The number of phenolic OH excluding ortho intramolecular Hbond substituents is 1. The van der Waals surface area contributed by atoms with Crippen LogP contribution in [-0.2, 0) is 10.1 Å². The van der Waals surface area contributed by atoms with E-state index in [4.69, 9.17) is 9.66 Å². The van der Waals surface area contributed by atoms with Crippen molar-refractivity contribution in [2.24, 2.45) is 0 Å². The molecule has 1 aromatic rings. The Morgan fingerprint density at radius 2 is 1.85 bits per heavy atom. The summed E-state index contributed by atoms with van der Waals surface area (Å²) in [5.74, 6) is -0.442. The van der Waals surface area contributed by atoms with Crippen molar-refractivity contribution in [3.63, 3.8) is 0 Å². The van der Waals surface area contributed by atoms with Crippen molar-refractivity contribution in [3.05, 3.63) is 23.8 Å². The normalized spacial score (nSPS) is 10.6. The van der Waals surface area contributed by atoms with E-state index in [1.165, 1.54) is 12.1 Å². The van der Waals surface area contributed by atoms with Gasteiger partial charge in [-0.1, -0.05) is 6.07 Å². The predicted molar refractivity (Wildman–Crippen MR) is 48.4 cm³/mol. The average Bonchev–Trinajstić information content (AvgIpc) is 1.92. The third-order valence-corrected chi connectivity index (χ3v) is 2.28. The molecule has 0 atom stereocenters. The van der Waals surface area contributed by atoms with Gasteiger partial charge in [-0.2, -0.15) is 8.42 Å². The number of rotatable bonds is 1. The summed E-state index contributed by atoms with van der Waals surface area (Å²) in [5, 5.41) is 9.03. The molecule has 0 unspecified atom stereocenters. The molecule has 13 heavy (non-hydrogen) atoms. The number of benzene rings is 1. The fourth-order valence-electron chi connectivity index (χ4n) is 0.828. The maximum Gasteiger partial charge on any atom is 0.298 e. The summed E-state index contributed by atoms with van der Waals surface area (Å²) < 4.78 is 29.8. The Bertz CT molecular complexity index is 399. The molecule has 1 aromatic carbocycles. The monoisotopic (exact) mass is 211 g/mol. The molecule has 0 amide bonds. The number of aryl methyl sites for hydroxylation is 1. The minimum absolute atomic E-state index is 0. The van der Waals surface area contributed by atoms with E-state index in [0.29, 0.717) is 5.56 Å². The fraction of sp³-hybridized carbons (Fsp3) is 0.143. The van der Waals surface area contributed by atoms with Gasteiger partial charge in [0.15, 0.2) is 0 Å². The summed E-state index contributed by atoms with van der Waals surface area (Å²) >= 11 is 0. The van der Waals surface area contributed by atoms with Crippen molar-refractivity contribution in [2.45, 2.75) is 11.8 Å². The van der Waals surface area contributed by atoms with Gasteiger partial charge in [0.2, 0.25) is 0 Å². The fourth-order valence-corrected chi connectivity index (χ4v) is 1.50. The van der Waals surface area contributed by atoms with Gasteiger partial charge in [-0.05, 0) is 24.6 Å². The zero-order valence-electron chi connectivity index (χ0n) is 7.35. The van der Waals surface area contributed by atoms with E-state index in [9.17, 15) is 8.42 Å². The van der Waals surface area contributed by atoms with Crippen molar-refractivity contribution < 1.29 is 18.1 Å². The van der Waals surface area contributed by atoms with Gasteiger partial charge in [0.25, 0.3) is 10.1 Å². The Morgan fingerprint density at radius 1 is 1.31 bits per heavy atom. The van der Waals surface area contributed by atoms with E-state index < -0.39 is 20.8 Å². The molecular formula is C7H8NaO4S. The van der Waals surface area contributed by atoms with Crippen LogP contribution >= 0.6 is 0 Å². The van der Waals surface area contributed by atoms with Crippen LogP contribution in [0.1, 0.15) is 5.56 Å². The maximum atomic E-state index is 10.6. The van der Waals surface area contributed by atoms with E-state index in [1.54, 1.807) is 13.0 Å². The zero-order chi connectivity index (χ0) is 9.35. The van der Waals surface area contributed by atoms with Gasteiger partial charge in [0, 0.05) is 29.6 Å². The molecule has 0 bridgehead atoms. The predicted octanol–water partition coefficient (Wildman–Crippen LogP) is 0.567. The molecule has 0 aliphatic heterocycles. The molecule has 0 aromatic heterocycles. The van der Waals surface area contributed by atoms with Crippen LogP contribution in [0.5, 0.6) is 5.75 Å². The molecule has 0 saturated carbocycles. The first-order chi connectivity index (χ1) is 5.41. The number of aromatic hydroxyl groups is 1. The Morgan fingerprint density at radius 3 is 2.23 bits per heavy atom. The first kappa shape index (κ1) is 12.9. The molecule has 0 saturated heterocycles. The first-order valence-electron chi connectivity index (χ1n) is 3.18. The van der Waals surface area contributed by atoms with Crippen LogP contribution in [0.2, 0.25) is 0 Å². The molecule has 0 fully saturated rings. The summed E-state index contributed by atoms with van der Waals surface area (Å²) in [4.78, 5) is -0.456. The van der Waals surface area contributed by atoms with Gasteiger partial charge in [-0.25, -0.2) is 0 Å². The Balaban J connectivity index is 0.00000144. The van der Waals surface area contributed by atoms with Gasteiger partial charge in [-0.15, -0.1) is 0 Å². The summed E-state index contributed by atoms with van der Waals surface area (Å²) in [6, 6.07) is 3.97. The van der Waals surface area contributed by atoms with Crippen LogP contribution in [0.25, 0.3) is 0 Å². The van der Waals surface area contributed by atoms with Crippen LogP contribution < -0.4 is 0 Å². The Labute approximate surface area is 98.6 Å². The maximum absolute atomic E-state index is 10.6. The van der Waals surface area contributed by atoms with Crippen molar-refractivity contribution in [1.29, 1.82) is 0 Å². The average molecular weight is 211 g/mol. The van der Waals surface area contributed by atoms with Crippen LogP contribution in [-0.4, -0.2) is 47.6 Å². The molecular weight excluding hydrogens is 203 g/mol. The third-order valence-electron chi connectivity index (χ3n) is 1.39. The van der Waals surface area contributed by atoms with Crippen LogP contribution in [0.3, 0.4) is 0 Å². The first-order valence-corrected chi connectivity index (χ1v) is 4.62. The molecule has 67 valence electrons. The second-order valence-electron chi connectivity index (χ2n) is 2.45. The van der Waals surface area contributed by atoms with E-state index in [2.05, 4.69) is 0 Å². The Kier molecular flexibility index (Phi) is 4.41. The molecule has 0 aliphatic carbocycles. The smallest absolute Gasteiger partial charge is 0.298 e. The van der Waals surface area contributed by atoms with E-state index >= 15 is 0 Å². The molecule has 0 aliphatic rings. The molecule has 4 nitrogen and oxygen atoms in total. The van der Waals surface area contributed by atoms with Crippen molar-refractivity contribution in [2.75, 3.05) is 0 Å². The largest absolute Gasteiger partial charge is 0.506 e. The second kappa shape index (κ2) is 4.43. The van der Waals surface area contributed by atoms with Crippen molar-refractivity contribution in [3.8, 4) is 5.75 Å². The van der Waals surface area contributed by atoms with Crippen LogP contribution in [0, 0.1) is 6.92 Å².